The molecule has 0 saturated carbocycles. The second-order valence-electron chi connectivity index (χ2n) is 7.93. The predicted molar refractivity (Wildman–Crippen MR) is 120 cm³/mol. The monoisotopic (exact) mass is 432 g/mol. The van der Waals surface area contributed by atoms with Crippen LogP contribution in [0.2, 0.25) is 0 Å². The van der Waals surface area contributed by atoms with E-state index in [2.05, 4.69) is 25.2 Å². The minimum absolute atomic E-state index is 0.260. The van der Waals surface area contributed by atoms with Gasteiger partial charge in [0.25, 0.3) is 0 Å². The molecule has 0 aliphatic heterocycles. The first-order valence-electron chi connectivity index (χ1n) is 9.94. The van der Waals surface area contributed by atoms with Crippen LogP contribution in [0.5, 0.6) is 5.75 Å². The molecule has 0 aromatic heterocycles. The van der Waals surface area contributed by atoms with Gasteiger partial charge in [0.1, 0.15) is 11.8 Å². The molecule has 1 N–H and O–H groups in total. The van der Waals surface area contributed by atoms with E-state index in [1.165, 1.54) is 7.05 Å². The maximum atomic E-state index is 13.2. The number of hydrogen-bond donors (Lipinski definition) is 1. The van der Waals surface area contributed by atoms with E-state index in [0.717, 1.165) is 33.0 Å². The molecule has 2 unspecified atom stereocenters. The molecule has 2 atom stereocenters. The zero-order chi connectivity index (χ0) is 22.6. The van der Waals surface area contributed by atoms with Gasteiger partial charge in [-0.2, -0.15) is 4.31 Å². The molecule has 0 saturated heterocycles. The zero-order valence-electron chi connectivity index (χ0n) is 18.8. The Hall–Kier alpha value is -2.38. The van der Waals surface area contributed by atoms with Gasteiger partial charge in [0, 0.05) is 7.05 Å². The second kappa shape index (κ2) is 9.62. The molecule has 0 aliphatic carbocycles. The topological polar surface area (TPSA) is 75.7 Å². The average molecular weight is 433 g/mol. The number of benzene rings is 2. The molecule has 0 heterocycles. The van der Waals surface area contributed by atoms with Gasteiger partial charge in [-0.3, -0.25) is 4.79 Å². The molecule has 0 radical (unpaired) electrons. The number of nitrogens with zero attached hydrogens (tertiary/aromatic N) is 1. The summed E-state index contributed by atoms with van der Waals surface area (Å²) in [6, 6.07) is 11.7. The Morgan fingerprint density at radius 3 is 2.17 bits per heavy atom. The summed E-state index contributed by atoms with van der Waals surface area (Å²) < 4.78 is 31.0. The number of nitrogens with one attached hydrogen (secondary N) is 1. The maximum Gasteiger partial charge on any atom is 0.243 e. The highest BCUT2D eigenvalue weighted by Gasteiger charge is 2.31. The molecule has 0 aliphatic rings. The molecule has 0 spiro atoms. The Morgan fingerprint density at radius 2 is 1.67 bits per heavy atom. The largest absolute Gasteiger partial charge is 0.496 e. The Balaban J connectivity index is 2.39. The highest BCUT2D eigenvalue weighted by molar-refractivity contribution is 7.88. The van der Waals surface area contributed by atoms with Gasteiger partial charge in [-0.1, -0.05) is 44.2 Å². The van der Waals surface area contributed by atoms with E-state index >= 15 is 0 Å². The number of carbonyl (C=O) groups excluding carboxylic acids is 1. The van der Waals surface area contributed by atoms with E-state index < -0.39 is 16.1 Å². The van der Waals surface area contributed by atoms with Gasteiger partial charge in [-0.15, -0.1) is 0 Å². The summed E-state index contributed by atoms with van der Waals surface area (Å²) in [5.41, 5.74) is 3.65. The summed E-state index contributed by atoms with van der Waals surface area (Å²) in [6.07, 6.45) is 1.10. The molecule has 2 aromatic carbocycles. The number of amides is 1. The Kier molecular flexibility index (Phi) is 7.66. The minimum atomic E-state index is -3.57. The van der Waals surface area contributed by atoms with Gasteiger partial charge in [0.05, 0.1) is 19.4 Å². The van der Waals surface area contributed by atoms with Crippen LogP contribution in [0.15, 0.2) is 42.5 Å². The molecule has 2 rings (SSSR count). The molecule has 6 nitrogen and oxygen atoms in total. The number of hydrogen-bond acceptors (Lipinski definition) is 4. The number of ether oxygens (including phenoxy) is 1. The Labute approximate surface area is 180 Å². The van der Waals surface area contributed by atoms with Crippen molar-refractivity contribution < 1.29 is 17.9 Å². The normalized spacial score (nSPS) is 13.9. The summed E-state index contributed by atoms with van der Waals surface area (Å²) in [5.74, 6) is 0.710. The van der Waals surface area contributed by atoms with Crippen molar-refractivity contribution >= 4 is 15.9 Å². The van der Waals surface area contributed by atoms with E-state index in [9.17, 15) is 13.2 Å². The Bertz CT molecular complexity index is 988. The molecule has 0 bridgehead atoms. The van der Waals surface area contributed by atoms with Crippen LogP contribution in [0.25, 0.3) is 0 Å². The summed E-state index contributed by atoms with van der Waals surface area (Å²) in [6.45, 7) is 8.06. The van der Waals surface area contributed by atoms with E-state index in [-0.39, 0.29) is 17.9 Å². The minimum Gasteiger partial charge on any atom is -0.496 e. The van der Waals surface area contributed by atoms with Gasteiger partial charge in [0.2, 0.25) is 15.9 Å². The van der Waals surface area contributed by atoms with Crippen LogP contribution in [-0.2, 0) is 14.8 Å². The third kappa shape index (κ3) is 5.40. The lowest BCUT2D eigenvalue weighted by molar-refractivity contribution is -0.125. The summed E-state index contributed by atoms with van der Waals surface area (Å²) in [7, 11) is -0.502. The van der Waals surface area contributed by atoms with Crippen molar-refractivity contribution in [3.05, 3.63) is 64.7 Å². The van der Waals surface area contributed by atoms with E-state index in [1.54, 1.807) is 31.4 Å². The molecule has 164 valence electrons. The summed E-state index contributed by atoms with van der Waals surface area (Å²) in [4.78, 5) is 13.2. The van der Waals surface area contributed by atoms with Crippen molar-refractivity contribution in [3.63, 3.8) is 0 Å². The van der Waals surface area contributed by atoms with Crippen molar-refractivity contribution in [1.29, 1.82) is 0 Å². The van der Waals surface area contributed by atoms with Crippen LogP contribution < -0.4 is 10.1 Å². The lowest BCUT2D eigenvalue weighted by atomic mass is 9.93. The second-order valence-corrected chi connectivity index (χ2v) is 9.97. The van der Waals surface area contributed by atoms with Crippen LogP contribution in [0, 0.1) is 6.92 Å². The molecule has 0 fully saturated rings. The number of likely N-dealkylation sites (N-methyl/N-ethyl adjacent to an activating group) is 1. The lowest BCUT2D eigenvalue weighted by Gasteiger charge is -2.28. The average Bonchev–Trinajstić information content (AvgIpc) is 2.67. The predicted octanol–water partition coefficient (Wildman–Crippen LogP) is 3.94. The van der Waals surface area contributed by atoms with Crippen LogP contribution >= 0.6 is 0 Å². The molecule has 30 heavy (non-hydrogen) atoms. The number of aryl methyl sites for hydroxylation is 1. The third-order valence-electron chi connectivity index (χ3n) is 5.32. The standard InChI is InChI=1S/C23H32N2O4S/c1-15(2)19-14-20(16(3)13-21(19)29-6)17(4)24-23(26)22(25(5)30(7,27)28)18-11-9-8-10-12-18/h8-15,17,22H,1-7H3,(H,24,26). The Morgan fingerprint density at radius 1 is 1.07 bits per heavy atom. The van der Waals surface area contributed by atoms with Gasteiger partial charge in [-0.25, -0.2) is 8.42 Å². The number of sulfonamides is 1. The number of rotatable bonds is 8. The molecule has 1 amide bonds. The first-order chi connectivity index (χ1) is 14.0. The molecular formula is C23H32N2O4S. The van der Waals surface area contributed by atoms with Crippen molar-refractivity contribution in [2.24, 2.45) is 0 Å². The van der Waals surface area contributed by atoms with Gasteiger partial charge < -0.3 is 10.1 Å². The van der Waals surface area contributed by atoms with E-state index in [4.69, 9.17) is 4.74 Å². The summed E-state index contributed by atoms with van der Waals surface area (Å²) >= 11 is 0. The fraction of sp³-hybridized carbons (Fsp3) is 0.435. The third-order valence-corrected chi connectivity index (χ3v) is 6.57. The first-order valence-corrected chi connectivity index (χ1v) is 11.8. The first kappa shape index (κ1) is 23.9. The highest BCUT2D eigenvalue weighted by atomic mass is 32.2. The highest BCUT2D eigenvalue weighted by Crippen LogP contribution is 2.32. The molecule has 2 aromatic rings. The van der Waals surface area contributed by atoms with Crippen LogP contribution in [0.3, 0.4) is 0 Å². The van der Waals surface area contributed by atoms with E-state index in [1.807, 2.05) is 26.0 Å². The fourth-order valence-corrected chi connectivity index (χ4v) is 4.13. The fourth-order valence-electron chi connectivity index (χ4n) is 3.53. The quantitative estimate of drug-likeness (QED) is 0.686. The van der Waals surface area contributed by atoms with Gasteiger partial charge in [-0.05, 0) is 54.2 Å². The van der Waals surface area contributed by atoms with E-state index in [0.29, 0.717) is 5.56 Å². The van der Waals surface area contributed by atoms with Crippen molar-refractivity contribution in [2.75, 3.05) is 20.4 Å². The van der Waals surface area contributed by atoms with Crippen LogP contribution in [0.4, 0.5) is 0 Å². The van der Waals surface area contributed by atoms with Crippen molar-refractivity contribution in [3.8, 4) is 5.75 Å². The maximum absolute atomic E-state index is 13.2. The molecule has 7 heteroatoms. The number of carbonyl (C=O) groups is 1. The summed E-state index contributed by atoms with van der Waals surface area (Å²) in [5, 5.41) is 3.01. The van der Waals surface area contributed by atoms with Crippen molar-refractivity contribution in [2.45, 2.75) is 45.7 Å². The van der Waals surface area contributed by atoms with Gasteiger partial charge in [0.15, 0.2) is 0 Å². The van der Waals surface area contributed by atoms with Crippen molar-refractivity contribution in [1.82, 2.24) is 9.62 Å². The molecular weight excluding hydrogens is 400 g/mol. The number of methoxy groups -OCH3 is 1. The SMILES string of the molecule is COc1cc(C)c(C(C)NC(=O)C(c2ccccc2)N(C)S(C)(=O)=O)cc1C(C)C. The zero-order valence-corrected chi connectivity index (χ0v) is 19.6. The lowest BCUT2D eigenvalue weighted by Crippen LogP contribution is -2.42. The smallest absolute Gasteiger partial charge is 0.243 e. The van der Waals surface area contributed by atoms with Crippen LogP contribution in [0.1, 0.15) is 61.0 Å². The van der Waals surface area contributed by atoms with Gasteiger partial charge >= 0.3 is 0 Å². The van der Waals surface area contributed by atoms with Crippen LogP contribution in [-0.4, -0.2) is 39.0 Å².